The van der Waals surface area contributed by atoms with E-state index in [0.717, 1.165) is 24.8 Å². The van der Waals surface area contributed by atoms with Gasteiger partial charge in [-0.1, -0.05) is 17.7 Å². The van der Waals surface area contributed by atoms with Gasteiger partial charge in [0, 0.05) is 12.1 Å². The van der Waals surface area contributed by atoms with E-state index in [1.165, 1.54) is 24.0 Å². The number of hydrogen-bond acceptors (Lipinski definition) is 2. The molecule has 0 heterocycles. The van der Waals surface area contributed by atoms with E-state index in [1.54, 1.807) is 0 Å². The Bertz CT molecular complexity index is 331. The van der Waals surface area contributed by atoms with Gasteiger partial charge >= 0.3 is 0 Å². The molecule has 0 radical (unpaired) electrons. The van der Waals surface area contributed by atoms with Crippen molar-refractivity contribution in [3.8, 4) is 5.75 Å². The van der Waals surface area contributed by atoms with Crippen LogP contribution in [0.1, 0.15) is 24.0 Å². The van der Waals surface area contributed by atoms with Crippen molar-refractivity contribution >= 4 is 0 Å². The zero-order valence-electron chi connectivity index (χ0n) is 9.55. The number of ether oxygens (including phenoxy) is 1. The van der Waals surface area contributed by atoms with Crippen molar-refractivity contribution in [3.63, 3.8) is 0 Å². The van der Waals surface area contributed by atoms with Crippen LogP contribution in [0.3, 0.4) is 0 Å². The Morgan fingerprint density at radius 2 is 2.20 bits per heavy atom. The first-order valence-electron chi connectivity index (χ1n) is 5.66. The fourth-order valence-electron chi connectivity index (χ4n) is 1.67. The lowest BCUT2D eigenvalue weighted by molar-refractivity contribution is 0.296. The SMILES string of the molecule is CNCc1cc(C)ccc1OCC1CC1. The van der Waals surface area contributed by atoms with E-state index < -0.39 is 0 Å². The van der Waals surface area contributed by atoms with Crippen molar-refractivity contribution in [2.45, 2.75) is 26.3 Å². The van der Waals surface area contributed by atoms with Gasteiger partial charge in [0.25, 0.3) is 0 Å². The van der Waals surface area contributed by atoms with Crippen molar-refractivity contribution in [2.75, 3.05) is 13.7 Å². The Morgan fingerprint density at radius 1 is 1.40 bits per heavy atom. The molecular weight excluding hydrogens is 186 g/mol. The number of nitrogens with one attached hydrogen (secondary N) is 1. The van der Waals surface area contributed by atoms with Crippen LogP contribution in [0, 0.1) is 12.8 Å². The van der Waals surface area contributed by atoms with Gasteiger partial charge in [-0.2, -0.15) is 0 Å². The second-order valence-corrected chi connectivity index (χ2v) is 4.40. The zero-order valence-corrected chi connectivity index (χ0v) is 9.55. The lowest BCUT2D eigenvalue weighted by Crippen LogP contribution is -2.09. The second kappa shape index (κ2) is 4.67. The molecule has 0 saturated heterocycles. The van der Waals surface area contributed by atoms with Crippen LogP contribution in [0.5, 0.6) is 5.75 Å². The summed E-state index contributed by atoms with van der Waals surface area (Å²) < 4.78 is 5.83. The van der Waals surface area contributed by atoms with E-state index in [1.807, 2.05) is 7.05 Å². The Hall–Kier alpha value is -1.02. The summed E-state index contributed by atoms with van der Waals surface area (Å²) in [4.78, 5) is 0. The first-order valence-corrected chi connectivity index (χ1v) is 5.66. The van der Waals surface area contributed by atoms with Crippen LogP contribution in [0.2, 0.25) is 0 Å². The molecule has 1 aliphatic carbocycles. The predicted octanol–water partition coefficient (Wildman–Crippen LogP) is 2.50. The normalized spacial score (nSPS) is 15.3. The Labute approximate surface area is 91.6 Å². The molecule has 0 aliphatic heterocycles. The van der Waals surface area contributed by atoms with Gasteiger partial charge in [0.05, 0.1) is 6.61 Å². The average Bonchev–Trinajstić information content (AvgIpc) is 3.01. The van der Waals surface area contributed by atoms with E-state index in [0.29, 0.717) is 0 Å². The van der Waals surface area contributed by atoms with Gasteiger partial charge < -0.3 is 10.1 Å². The Kier molecular flexibility index (Phi) is 3.27. The van der Waals surface area contributed by atoms with E-state index in [9.17, 15) is 0 Å². The third-order valence-electron chi connectivity index (χ3n) is 2.75. The maximum absolute atomic E-state index is 5.83. The van der Waals surface area contributed by atoms with Crippen LogP contribution in [0.4, 0.5) is 0 Å². The number of hydrogen-bond donors (Lipinski definition) is 1. The fraction of sp³-hybridized carbons (Fsp3) is 0.538. The maximum atomic E-state index is 5.83. The molecule has 1 aromatic rings. The van der Waals surface area contributed by atoms with Crippen LogP contribution in [0.15, 0.2) is 18.2 Å². The molecule has 2 rings (SSSR count). The monoisotopic (exact) mass is 205 g/mol. The van der Waals surface area contributed by atoms with Crippen LogP contribution in [-0.4, -0.2) is 13.7 Å². The summed E-state index contributed by atoms with van der Waals surface area (Å²) in [5.74, 6) is 1.86. The fourth-order valence-corrected chi connectivity index (χ4v) is 1.67. The van der Waals surface area contributed by atoms with Crippen molar-refractivity contribution in [1.29, 1.82) is 0 Å². The molecule has 0 aromatic heterocycles. The molecule has 1 fully saturated rings. The minimum absolute atomic E-state index is 0.814. The highest BCUT2D eigenvalue weighted by Crippen LogP contribution is 2.30. The molecule has 0 spiro atoms. The van der Waals surface area contributed by atoms with Gasteiger partial charge in [-0.15, -0.1) is 0 Å². The third-order valence-corrected chi connectivity index (χ3v) is 2.75. The summed E-state index contributed by atoms with van der Waals surface area (Å²) in [7, 11) is 1.97. The summed E-state index contributed by atoms with van der Waals surface area (Å²) >= 11 is 0. The van der Waals surface area contributed by atoms with E-state index in [2.05, 4.69) is 30.4 Å². The Balaban J connectivity index is 2.04. The largest absolute Gasteiger partial charge is 0.493 e. The minimum Gasteiger partial charge on any atom is -0.493 e. The molecule has 1 aromatic carbocycles. The predicted molar refractivity (Wildman–Crippen MR) is 62.2 cm³/mol. The average molecular weight is 205 g/mol. The van der Waals surface area contributed by atoms with Crippen molar-refractivity contribution in [1.82, 2.24) is 5.32 Å². The van der Waals surface area contributed by atoms with Crippen LogP contribution in [0.25, 0.3) is 0 Å². The molecule has 2 heteroatoms. The highest BCUT2D eigenvalue weighted by molar-refractivity contribution is 5.36. The lowest BCUT2D eigenvalue weighted by atomic mass is 10.1. The van der Waals surface area contributed by atoms with Gasteiger partial charge in [0.15, 0.2) is 0 Å². The van der Waals surface area contributed by atoms with Gasteiger partial charge in [-0.25, -0.2) is 0 Å². The smallest absolute Gasteiger partial charge is 0.123 e. The Morgan fingerprint density at radius 3 is 2.87 bits per heavy atom. The van der Waals surface area contributed by atoms with E-state index >= 15 is 0 Å². The van der Waals surface area contributed by atoms with Gasteiger partial charge in [-0.3, -0.25) is 0 Å². The lowest BCUT2D eigenvalue weighted by Gasteiger charge is -2.11. The molecule has 1 saturated carbocycles. The van der Waals surface area contributed by atoms with Crippen molar-refractivity contribution < 1.29 is 4.74 Å². The number of rotatable bonds is 5. The molecule has 0 bridgehead atoms. The highest BCUT2D eigenvalue weighted by Gasteiger charge is 2.22. The maximum Gasteiger partial charge on any atom is 0.123 e. The first kappa shape index (κ1) is 10.5. The minimum atomic E-state index is 0.814. The van der Waals surface area contributed by atoms with Crippen LogP contribution in [-0.2, 0) is 6.54 Å². The van der Waals surface area contributed by atoms with E-state index in [4.69, 9.17) is 4.74 Å². The molecular formula is C13H19NO. The summed E-state index contributed by atoms with van der Waals surface area (Å²) in [5, 5.41) is 3.17. The van der Waals surface area contributed by atoms with Gasteiger partial charge in [-0.05, 0) is 38.8 Å². The molecule has 0 atom stereocenters. The third kappa shape index (κ3) is 2.96. The topological polar surface area (TPSA) is 21.3 Å². The van der Waals surface area contributed by atoms with E-state index in [-0.39, 0.29) is 0 Å². The van der Waals surface area contributed by atoms with Crippen LogP contribution >= 0.6 is 0 Å². The first-order chi connectivity index (χ1) is 7.29. The van der Waals surface area contributed by atoms with Crippen LogP contribution < -0.4 is 10.1 Å². The van der Waals surface area contributed by atoms with Gasteiger partial charge in [0.1, 0.15) is 5.75 Å². The molecule has 15 heavy (non-hydrogen) atoms. The summed E-state index contributed by atoms with van der Waals surface area (Å²) in [6.45, 7) is 3.88. The molecule has 2 nitrogen and oxygen atoms in total. The van der Waals surface area contributed by atoms with Crippen molar-refractivity contribution in [3.05, 3.63) is 29.3 Å². The molecule has 82 valence electrons. The quantitative estimate of drug-likeness (QED) is 0.797. The standard InChI is InChI=1S/C13H19NO/c1-10-3-6-13(12(7-10)8-14-2)15-9-11-4-5-11/h3,6-7,11,14H,4-5,8-9H2,1-2H3. The summed E-state index contributed by atoms with van der Waals surface area (Å²) in [6, 6.07) is 6.39. The second-order valence-electron chi connectivity index (χ2n) is 4.40. The molecule has 1 N–H and O–H groups in total. The zero-order chi connectivity index (χ0) is 10.7. The molecule has 0 amide bonds. The van der Waals surface area contributed by atoms with Crippen molar-refractivity contribution in [2.24, 2.45) is 5.92 Å². The summed E-state index contributed by atoms with van der Waals surface area (Å²) in [6.07, 6.45) is 2.68. The highest BCUT2D eigenvalue weighted by atomic mass is 16.5. The van der Waals surface area contributed by atoms with Gasteiger partial charge in [0.2, 0.25) is 0 Å². The molecule has 0 unspecified atom stereocenters. The summed E-state index contributed by atoms with van der Waals surface area (Å²) in [5.41, 5.74) is 2.55. The number of aryl methyl sites for hydroxylation is 1. The molecule has 1 aliphatic rings. The number of benzene rings is 1.